The molecule has 1 saturated carbocycles. The molecule has 1 aliphatic carbocycles. The lowest BCUT2D eigenvalue weighted by atomic mass is 9.91. The Labute approximate surface area is 115 Å². The number of aromatic nitrogens is 1. The number of carbonyl (C=O) groups is 1. The molecule has 0 aromatic carbocycles. The van der Waals surface area contributed by atoms with Gasteiger partial charge in [-0.25, -0.2) is 4.98 Å². The summed E-state index contributed by atoms with van der Waals surface area (Å²) in [5, 5.41) is 8.93. The molecule has 1 amide bonds. The number of nitrogens with zero attached hydrogens (tertiary/aromatic N) is 2. The van der Waals surface area contributed by atoms with Crippen molar-refractivity contribution in [1.82, 2.24) is 9.88 Å². The van der Waals surface area contributed by atoms with Gasteiger partial charge in [-0.2, -0.15) is 0 Å². The van der Waals surface area contributed by atoms with Crippen LogP contribution in [-0.4, -0.2) is 40.1 Å². The van der Waals surface area contributed by atoms with Crippen molar-refractivity contribution in [3.8, 4) is 0 Å². The molecule has 1 aliphatic rings. The summed E-state index contributed by atoms with van der Waals surface area (Å²) in [5.74, 6) is -0.0411. The summed E-state index contributed by atoms with van der Waals surface area (Å²) in [6.07, 6.45) is 5.54. The van der Waals surface area contributed by atoms with Gasteiger partial charge in [-0.15, -0.1) is 0 Å². The molecule has 0 aliphatic heterocycles. The molecule has 0 saturated heterocycles. The predicted octanol–water partition coefficient (Wildman–Crippen LogP) is 2.22. The van der Waals surface area contributed by atoms with Gasteiger partial charge in [-0.1, -0.05) is 0 Å². The van der Waals surface area contributed by atoms with E-state index in [1.807, 2.05) is 11.0 Å². The molecule has 1 fully saturated rings. The fraction of sp³-hybridized carbons (Fsp3) is 0.538. The van der Waals surface area contributed by atoms with Crippen molar-refractivity contribution in [1.29, 1.82) is 0 Å². The highest BCUT2D eigenvalue weighted by molar-refractivity contribution is 9.10. The van der Waals surface area contributed by atoms with Crippen molar-refractivity contribution in [2.45, 2.75) is 31.7 Å². The molecule has 98 valence electrons. The van der Waals surface area contributed by atoms with Crippen molar-refractivity contribution >= 4 is 21.8 Å². The quantitative estimate of drug-likeness (QED) is 0.907. The molecule has 2 rings (SSSR count). The van der Waals surface area contributed by atoms with Crippen molar-refractivity contribution in [2.75, 3.05) is 13.2 Å². The molecule has 0 atom stereocenters. The minimum absolute atomic E-state index is 0.0411. The molecule has 1 aromatic rings. The third-order valence-corrected chi connectivity index (χ3v) is 3.93. The summed E-state index contributed by atoms with van der Waals surface area (Å²) in [4.78, 5) is 18.5. The third-order valence-electron chi connectivity index (χ3n) is 3.29. The smallest absolute Gasteiger partial charge is 0.273 e. The summed E-state index contributed by atoms with van der Waals surface area (Å²) >= 11 is 3.36. The maximum atomic E-state index is 12.5. The van der Waals surface area contributed by atoms with E-state index in [0.29, 0.717) is 24.7 Å². The van der Waals surface area contributed by atoms with E-state index < -0.39 is 0 Å². The molecule has 0 bridgehead atoms. The number of carbonyl (C=O) groups excluding carboxylic acids is 1. The fourth-order valence-electron chi connectivity index (χ4n) is 2.07. The zero-order valence-corrected chi connectivity index (χ0v) is 11.8. The van der Waals surface area contributed by atoms with Crippen LogP contribution in [0.4, 0.5) is 0 Å². The van der Waals surface area contributed by atoms with Crippen molar-refractivity contribution < 1.29 is 9.90 Å². The highest BCUT2D eigenvalue weighted by Gasteiger charge is 2.30. The van der Waals surface area contributed by atoms with Crippen LogP contribution in [0.5, 0.6) is 0 Å². The van der Waals surface area contributed by atoms with Crippen LogP contribution in [0.25, 0.3) is 0 Å². The lowest BCUT2D eigenvalue weighted by Crippen LogP contribution is -2.45. The zero-order chi connectivity index (χ0) is 13.0. The minimum atomic E-state index is -0.0411. The van der Waals surface area contributed by atoms with E-state index >= 15 is 0 Å². The largest absolute Gasteiger partial charge is 0.396 e. The van der Waals surface area contributed by atoms with Gasteiger partial charge in [-0.05, 0) is 53.7 Å². The van der Waals surface area contributed by atoms with Gasteiger partial charge in [0.2, 0.25) is 0 Å². The van der Waals surface area contributed by atoms with Crippen LogP contribution >= 0.6 is 15.9 Å². The Morgan fingerprint density at radius 3 is 2.89 bits per heavy atom. The van der Waals surface area contributed by atoms with Crippen molar-refractivity contribution in [3.63, 3.8) is 0 Å². The zero-order valence-electron chi connectivity index (χ0n) is 10.2. The van der Waals surface area contributed by atoms with Crippen LogP contribution in [0, 0.1) is 0 Å². The van der Waals surface area contributed by atoms with E-state index in [1.165, 1.54) is 6.42 Å². The standard InChI is InChI=1S/C13H17BrN2O2/c14-11-6-2-7-15-12(11)13(18)16(8-3-9-17)10-4-1-5-10/h2,6-7,10,17H,1,3-5,8-9H2. The fourth-order valence-corrected chi connectivity index (χ4v) is 2.49. The van der Waals surface area contributed by atoms with Crippen LogP contribution in [0.1, 0.15) is 36.2 Å². The first kappa shape index (κ1) is 13.5. The summed E-state index contributed by atoms with van der Waals surface area (Å²) < 4.78 is 0.725. The number of pyridine rings is 1. The first-order chi connectivity index (χ1) is 8.74. The van der Waals surface area contributed by atoms with E-state index in [1.54, 1.807) is 12.3 Å². The Kier molecular flexibility index (Phi) is 4.72. The molecule has 1 N–H and O–H groups in total. The van der Waals surface area contributed by atoms with Crippen LogP contribution in [-0.2, 0) is 0 Å². The van der Waals surface area contributed by atoms with Gasteiger partial charge in [0.05, 0.1) is 0 Å². The summed E-state index contributed by atoms with van der Waals surface area (Å²) in [5.41, 5.74) is 0.460. The van der Waals surface area contributed by atoms with E-state index in [4.69, 9.17) is 5.11 Å². The second-order valence-electron chi connectivity index (χ2n) is 4.49. The van der Waals surface area contributed by atoms with Gasteiger partial charge >= 0.3 is 0 Å². The van der Waals surface area contributed by atoms with Crippen molar-refractivity contribution in [2.24, 2.45) is 0 Å². The van der Waals surface area contributed by atoms with Gasteiger partial charge in [0.15, 0.2) is 0 Å². The lowest BCUT2D eigenvalue weighted by molar-refractivity contribution is 0.0555. The summed E-state index contributed by atoms with van der Waals surface area (Å²) in [6.45, 7) is 0.711. The second kappa shape index (κ2) is 6.29. The molecule has 0 radical (unpaired) electrons. The monoisotopic (exact) mass is 312 g/mol. The molecule has 4 nitrogen and oxygen atoms in total. The van der Waals surface area contributed by atoms with Crippen LogP contribution in [0.2, 0.25) is 0 Å². The molecular formula is C13H17BrN2O2. The van der Waals surface area contributed by atoms with Gasteiger partial charge in [0.1, 0.15) is 5.69 Å². The molecule has 0 spiro atoms. The second-order valence-corrected chi connectivity index (χ2v) is 5.35. The average Bonchev–Trinajstić information content (AvgIpc) is 2.32. The normalized spacial score (nSPS) is 15.2. The third kappa shape index (κ3) is 2.90. The van der Waals surface area contributed by atoms with Gasteiger partial charge < -0.3 is 10.0 Å². The van der Waals surface area contributed by atoms with Gasteiger partial charge in [0, 0.05) is 29.9 Å². The minimum Gasteiger partial charge on any atom is -0.396 e. The number of hydrogen-bond donors (Lipinski definition) is 1. The predicted molar refractivity (Wildman–Crippen MR) is 72.3 cm³/mol. The number of amides is 1. The molecule has 1 aromatic heterocycles. The molecule has 1 heterocycles. The Balaban J connectivity index is 2.14. The first-order valence-corrected chi connectivity index (χ1v) is 7.05. The summed E-state index contributed by atoms with van der Waals surface area (Å²) in [6, 6.07) is 3.94. The first-order valence-electron chi connectivity index (χ1n) is 6.26. The highest BCUT2D eigenvalue weighted by atomic mass is 79.9. The Hall–Kier alpha value is -0.940. The Bertz CT molecular complexity index is 421. The number of aliphatic hydroxyl groups excluding tert-OH is 1. The molecular weight excluding hydrogens is 296 g/mol. The van der Waals surface area contributed by atoms with E-state index in [0.717, 1.165) is 17.3 Å². The summed E-state index contributed by atoms with van der Waals surface area (Å²) in [7, 11) is 0. The SMILES string of the molecule is O=C(c1ncccc1Br)N(CCCO)C1CCC1. The Morgan fingerprint density at radius 2 is 2.33 bits per heavy atom. The van der Waals surface area contributed by atoms with Gasteiger partial charge in [0.25, 0.3) is 5.91 Å². The topological polar surface area (TPSA) is 53.4 Å². The maximum absolute atomic E-state index is 12.5. The average molecular weight is 313 g/mol. The highest BCUT2D eigenvalue weighted by Crippen LogP contribution is 2.27. The number of hydrogen-bond acceptors (Lipinski definition) is 3. The van der Waals surface area contributed by atoms with Crippen LogP contribution in [0.15, 0.2) is 22.8 Å². The lowest BCUT2D eigenvalue weighted by Gasteiger charge is -2.37. The molecule has 5 heteroatoms. The number of halogens is 1. The van der Waals surface area contributed by atoms with E-state index in [2.05, 4.69) is 20.9 Å². The van der Waals surface area contributed by atoms with Crippen LogP contribution in [0.3, 0.4) is 0 Å². The maximum Gasteiger partial charge on any atom is 0.273 e. The number of rotatable bonds is 5. The van der Waals surface area contributed by atoms with E-state index in [9.17, 15) is 4.79 Å². The molecule has 0 unspecified atom stereocenters. The van der Waals surface area contributed by atoms with E-state index in [-0.39, 0.29) is 12.5 Å². The Morgan fingerprint density at radius 1 is 1.56 bits per heavy atom. The molecule has 18 heavy (non-hydrogen) atoms. The van der Waals surface area contributed by atoms with Gasteiger partial charge in [-0.3, -0.25) is 4.79 Å². The van der Waals surface area contributed by atoms with Crippen molar-refractivity contribution in [3.05, 3.63) is 28.5 Å². The number of aliphatic hydroxyl groups is 1. The van der Waals surface area contributed by atoms with Crippen LogP contribution < -0.4 is 0 Å².